The number of Topliss-reactive ketones (excluding diaryl/α,β-unsaturated/α-hetero) is 1. The third-order valence-corrected chi connectivity index (χ3v) is 3.65. The highest BCUT2D eigenvalue weighted by Gasteiger charge is 2.27. The molecule has 2 aromatic rings. The predicted molar refractivity (Wildman–Crippen MR) is 74.9 cm³/mol. The monoisotopic (exact) mass is 276 g/mol. The molecule has 0 saturated heterocycles. The number of rotatable bonds is 2. The Kier molecular flexibility index (Phi) is 3.25. The molecule has 21 heavy (non-hydrogen) atoms. The minimum atomic E-state index is 0.000139. The van der Waals surface area contributed by atoms with Gasteiger partial charge in [-0.1, -0.05) is 12.1 Å². The Bertz CT molecular complexity index is 787. The van der Waals surface area contributed by atoms with Crippen LogP contribution in [0.25, 0.3) is 5.69 Å². The van der Waals surface area contributed by atoms with Crippen molar-refractivity contribution in [3.63, 3.8) is 0 Å². The SMILES string of the molecule is N#CCc1ccc(-n2nc(C#N)c3c2CCCC3=O)cc1. The molecule has 0 atom stereocenters. The van der Waals surface area contributed by atoms with Gasteiger partial charge in [0.25, 0.3) is 0 Å². The molecule has 1 aromatic heterocycles. The summed E-state index contributed by atoms with van der Waals surface area (Å²) in [5.41, 5.74) is 3.24. The van der Waals surface area contributed by atoms with E-state index in [1.54, 1.807) is 4.68 Å². The van der Waals surface area contributed by atoms with Crippen molar-refractivity contribution in [2.45, 2.75) is 25.7 Å². The molecular weight excluding hydrogens is 264 g/mol. The Morgan fingerprint density at radius 1 is 1.19 bits per heavy atom. The first-order chi connectivity index (χ1) is 10.2. The second kappa shape index (κ2) is 5.22. The Labute approximate surface area is 122 Å². The first-order valence-electron chi connectivity index (χ1n) is 6.76. The van der Waals surface area contributed by atoms with Crippen LogP contribution >= 0.6 is 0 Å². The minimum Gasteiger partial charge on any atom is -0.294 e. The lowest BCUT2D eigenvalue weighted by Gasteiger charge is -2.13. The summed E-state index contributed by atoms with van der Waals surface area (Å²) in [7, 11) is 0. The van der Waals surface area contributed by atoms with Gasteiger partial charge >= 0.3 is 0 Å². The number of nitriles is 2. The van der Waals surface area contributed by atoms with Crippen molar-refractivity contribution in [3.8, 4) is 17.8 Å². The van der Waals surface area contributed by atoms with Crippen LogP contribution in [-0.4, -0.2) is 15.6 Å². The molecule has 0 spiro atoms. The Morgan fingerprint density at radius 2 is 1.95 bits per heavy atom. The van der Waals surface area contributed by atoms with Crippen molar-refractivity contribution in [1.82, 2.24) is 9.78 Å². The highest BCUT2D eigenvalue weighted by molar-refractivity contribution is 6.00. The lowest BCUT2D eigenvalue weighted by molar-refractivity contribution is 0.0972. The lowest BCUT2D eigenvalue weighted by Crippen LogP contribution is -2.13. The molecule has 0 saturated carbocycles. The van der Waals surface area contributed by atoms with Crippen molar-refractivity contribution in [2.24, 2.45) is 0 Å². The van der Waals surface area contributed by atoms with Crippen LogP contribution in [0.4, 0.5) is 0 Å². The fourth-order valence-corrected chi connectivity index (χ4v) is 2.66. The third-order valence-electron chi connectivity index (χ3n) is 3.65. The number of hydrogen-bond acceptors (Lipinski definition) is 4. The van der Waals surface area contributed by atoms with E-state index in [1.165, 1.54) is 0 Å². The zero-order valence-electron chi connectivity index (χ0n) is 11.3. The second-order valence-electron chi connectivity index (χ2n) is 4.97. The molecule has 3 rings (SSSR count). The van der Waals surface area contributed by atoms with E-state index < -0.39 is 0 Å². The van der Waals surface area contributed by atoms with E-state index in [2.05, 4.69) is 11.2 Å². The molecule has 0 N–H and O–H groups in total. The van der Waals surface area contributed by atoms with Gasteiger partial charge in [0.15, 0.2) is 11.5 Å². The van der Waals surface area contributed by atoms with E-state index in [0.717, 1.165) is 29.8 Å². The second-order valence-corrected chi connectivity index (χ2v) is 4.97. The van der Waals surface area contributed by atoms with Crippen LogP contribution in [0.3, 0.4) is 0 Å². The number of carbonyl (C=O) groups is 1. The van der Waals surface area contributed by atoms with Gasteiger partial charge in [-0.15, -0.1) is 0 Å². The summed E-state index contributed by atoms with van der Waals surface area (Å²) in [6.45, 7) is 0. The average molecular weight is 276 g/mol. The normalized spacial score (nSPS) is 13.3. The average Bonchev–Trinajstić information content (AvgIpc) is 2.89. The van der Waals surface area contributed by atoms with E-state index in [4.69, 9.17) is 5.26 Å². The molecule has 0 amide bonds. The van der Waals surface area contributed by atoms with Gasteiger partial charge in [-0.3, -0.25) is 4.79 Å². The molecule has 0 fully saturated rings. The molecule has 0 unspecified atom stereocenters. The molecule has 1 aliphatic carbocycles. The Hall–Kier alpha value is -2.92. The Balaban J connectivity index is 2.09. The van der Waals surface area contributed by atoms with Crippen molar-refractivity contribution in [2.75, 3.05) is 0 Å². The van der Waals surface area contributed by atoms with Crippen molar-refractivity contribution < 1.29 is 4.79 Å². The molecule has 102 valence electrons. The van der Waals surface area contributed by atoms with Crippen LogP contribution in [0.1, 0.15) is 40.2 Å². The number of carbonyl (C=O) groups excluding carboxylic acids is 1. The van der Waals surface area contributed by atoms with Crippen LogP contribution in [0.2, 0.25) is 0 Å². The predicted octanol–water partition coefficient (Wildman–Crippen LogP) is 2.33. The smallest absolute Gasteiger partial charge is 0.174 e. The van der Waals surface area contributed by atoms with Crippen LogP contribution in [0, 0.1) is 22.7 Å². The summed E-state index contributed by atoms with van der Waals surface area (Å²) >= 11 is 0. The molecule has 5 heteroatoms. The molecular formula is C16H12N4O. The van der Waals surface area contributed by atoms with E-state index in [0.29, 0.717) is 18.4 Å². The van der Waals surface area contributed by atoms with Crippen LogP contribution in [0.5, 0.6) is 0 Å². The van der Waals surface area contributed by atoms with Gasteiger partial charge < -0.3 is 0 Å². The molecule has 5 nitrogen and oxygen atoms in total. The maximum Gasteiger partial charge on any atom is 0.174 e. The van der Waals surface area contributed by atoms with Crippen LogP contribution < -0.4 is 0 Å². The molecule has 1 aliphatic rings. The van der Waals surface area contributed by atoms with E-state index >= 15 is 0 Å². The summed E-state index contributed by atoms with van der Waals surface area (Å²) in [5.74, 6) is 0.000139. The number of ketones is 1. The molecule has 0 radical (unpaired) electrons. The van der Waals surface area contributed by atoms with Gasteiger partial charge in [0.2, 0.25) is 0 Å². The van der Waals surface area contributed by atoms with Gasteiger partial charge in [0.1, 0.15) is 6.07 Å². The van der Waals surface area contributed by atoms with Crippen LogP contribution in [-0.2, 0) is 12.8 Å². The molecule has 1 aromatic carbocycles. The van der Waals surface area contributed by atoms with E-state index in [9.17, 15) is 10.1 Å². The fraction of sp³-hybridized carbons (Fsp3) is 0.250. The zero-order valence-corrected chi connectivity index (χ0v) is 11.3. The number of aromatic nitrogens is 2. The highest BCUT2D eigenvalue weighted by atomic mass is 16.1. The molecule has 0 bridgehead atoms. The van der Waals surface area contributed by atoms with E-state index in [-0.39, 0.29) is 11.5 Å². The largest absolute Gasteiger partial charge is 0.294 e. The van der Waals surface area contributed by atoms with Crippen LogP contribution in [0.15, 0.2) is 24.3 Å². The summed E-state index contributed by atoms with van der Waals surface area (Å²) in [6.07, 6.45) is 2.37. The maximum atomic E-state index is 12.0. The van der Waals surface area contributed by atoms with Gasteiger partial charge in [0, 0.05) is 6.42 Å². The van der Waals surface area contributed by atoms with Crippen molar-refractivity contribution in [1.29, 1.82) is 10.5 Å². The van der Waals surface area contributed by atoms with E-state index in [1.807, 2.05) is 30.3 Å². The van der Waals surface area contributed by atoms with Gasteiger partial charge in [-0.2, -0.15) is 15.6 Å². The van der Waals surface area contributed by atoms with Gasteiger partial charge in [0.05, 0.1) is 29.4 Å². The molecule has 1 heterocycles. The number of fused-ring (bicyclic) bond motifs is 1. The number of nitrogens with zero attached hydrogens (tertiary/aromatic N) is 4. The Morgan fingerprint density at radius 3 is 2.62 bits per heavy atom. The summed E-state index contributed by atoms with van der Waals surface area (Å²) in [6, 6.07) is 11.6. The van der Waals surface area contributed by atoms with Gasteiger partial charge in [-0.05, 0) is 30.5 Å². The summed E-state index contributed by atoms with van der Waals surface area (Å²) < 4.78 is 1.68. The van der Waals surface area contributed by atoms with Gasteiger partial charge in [-0.25, -0.2) is 4.68 Å². The quantitative estimate of drug-likeness (QED) is 0.842. The van der Waals surface area contributed by atoms with Crippen molar-refractivity contribution >= 4 is 5.78 Å². The standard InChI is InChI=1S/C16H12N4O/c17-9-8-11-4-6-12(7-5-11)20-14-2-1-3-15(21)16(14)13(10-18)19-20/h4-7H,1-3,8H2. The number of benzene rings is 1. The fourth-order valence-electron chi connectivity index (χ4n) is 2.66. The minimum absolute atomic E-state index is 0.000139. The zero-order chi connectivity index (χ0) is 14.8. The summed E-state index contributed by atoms with van der Waals surface area (Å²) in [5, 5.41) is 22.1. The highest BCUT2D eigenvalue weighted by Crippen LogP contribution is 2.26. The third kappa shape index (κ3) is 2.19. The first kappa shape index (κ1) is 13.1. The molecule has 0 aliphatic heterocycles. The number of hydrogen-bond donors (Lipinski definition) is 0. The summed E-state index contributed by atoms with van der Waals surface area (Å²) in [4.78, 5) is 12.0. The van der Waals surface area contributed by atoms with Crippen molar-refractivity contribution in [3.05, 3.63) is 46.8 Å². The lowest BCUT2D eigenvalue weighted by atomic mass is 9.94. The maximum absolute atomic E-state index is 12.0. The topological polar surface area (TPSA) is 82.5 Å². The first-order valence-corrected chi connectivity index (χ1v) is 6.76.